The number of benzene rings is 1. The van der Waals surface area contributed by atoms with Gasteiger partial charge in [0, 0.05) is 6.04 Å². The Bertz CT molecular complexity index is 405. The van der Waals surface area contributed by atoms with Crippen LogP contribution in [-0.2, 0) is 6.42 Å². The zero-order valence-electron chi connectivity index (χ0n) is 9.88. The number of nitrogens with two attached hydrogens (primary N) is 1. The van der Waals surface area contributed by atoms with Crippen LogP contribution in [0.1, 0.15) is 31.7 Å². The summed E-state index contributed by atoms with van der Waals surface area (Å²) in [6.45, 7) is 1.91. The van der Waals surface area contributed by atoms with Crippen LogP contribution in [0.2, 0.25) is 0 Å². The van der Waals surface area contributed by atoms with Crippen molar-refractivity contribution in [3.05, 3.63) is 28.0 Å². The smallest absolute Gasteiger partial charge is 0.137 e. The molecular weight excluding hydrogens is 285 g/mol. The van der Waals surface area contributed by atoms with Gasteiger partial charge in [0.2, 0.25) is 0 Å². The van der Waals surface area contributed by atoms with Gasteiger partial charge in [0.15, 0.2) is 0 Å². The fourth-order valence-electron chi connectivity index (χ4n) is 1.90. The van der Waals surface area contributed by atoms with E-state index in [1.165, 1.54) is 18.6 Å². The van der Waals surface area contributed by atoms with Gasteiger partial charge in [0.1, 0.15) is 11.6 Å². The Morgan fingerprint density at radius 3 is 2.76 bits per heavy atom. The molecule has 4 heteroatoms. The van der Waals surface area contributed by atoms with Gasteiger partial charge in [-0.3, -0.25) is 0 Å². The minimum absolute atomic E-state index is 0.00700. The second-order valence-corrected chi connectivity index (χ2v) is 5.58. The molecule has 0 bridgehead atoms. The van der Waals surface area contributed by atoms with Gasteiger partial charge >= 0.3 is 0 Å². The van der Waals surface area contributed by atoms with Crippen molar-refractivity contribution < 1.29 is 9.13 Å². The summed E-state index contributed by atoms with van der Waals surface area (Å²) in [5.74, 6) is 0.502. The minimum Gasteiger partial charge on any atom is -0.489 e. The molecule has 0 aliphatic heterocycles. The Morgan fingerprint density at radius 2 is 2.24 bits per heavy atom. The van der Waals surface area contributed by atoms with Gasteiger partial charge in [0.05, 0.1) is 10.6 Å². The summed E-state index contributed by atoms with van der Waals surface area (Å²) < 4.78 is 19.9. The highest BCUT2D eigenvalue weighted by Gasteiger charge is 2.22. The summed E-state index contributed by atoms with van der Waals surface area (Å²) >= 11 is 3.36. The molecule has 2 rings (SSSR count). The monoisotopic (exact) mass is 301 g/mol. The van der Waals surface area contributed by atoms with Gasteiger partial charge in [-0.2, -0.15) is 0 Å². The first-order valence-corrected chi connectivity index (χ1v) is 6.75. The largest absolute Gasteiger partial charge is 0.489 e. The van der Waals surface area contributed by atoms with E-state index in [1.54, 1.807) is 0 Å². The minimum atomic E-state index is -0.256. The molecule has 2 N–H and O–H groups in total. The van der Waals surface area contributed by atoms with Gasteiger partial charge in [0.25, 0.3) is 0 Å². The third-order valence-electron chi connectivity index (χ3n) is 2.96. The summed E-state index contributed by atoms with van der Waals surface area (Å²) in [6.07, 6.45) is 4.29. The quantitative estimate of drug-likeness (QED) is 0.925. The molecule has 1 saturated carbocycles. The summed E-state index contributed by atoms with van der Waals surface area (Å²) in [5.41, 5.74) is 6.62. The van der Waals surface area contributed by atoms with E-state index in [2.05, 4.69) is 15.9 Å². The van der Waals surface area contributed by atoms with Crippen LogP contribution in [-0.4, -0.2) is 12.1 Å². The molecule has 1 fully saturated rings. The fourth-order valence-corrected chi connectivity index (χ4v) is 2.47. The molecule has 94 valence electrons. The van der Waals surface area contributed by atoms with Crippen LogP contribution >= 0.6 is 15.9 Å². The second kappa shape index (κ2) is 5.36. The van der Waals surface area contributed by atoms with Crippen LogP contribution < -0.4 is 10.5 Å². The average molecular weight is 302 g/mol. The highest BCUT2D eigenvalue weighted by Crippen LogP contribution is 2.35. The van der Waals surface area contributed by atoms with Crippen LogP contribution in [0.4, 0.5) is 4.39 Å². The molecule has 0 aromatic heterocycles. The molecule has 1 aromatic carbocycles. The Hall–Kier alpha value is -0.610. The number of hydrogen-bond acceptors (Lipinski definition) is 2. The van der Waals surface area contributed by atoms with Gasteiger partial charge in [-0.15, -0.1) is 0 Å². The normalized spacial score (nSPS) is 17.6. The first-order chi connectivity index (χ1) is 8.06. The Morgan fingerprint density at radius 1 is 1.53 bits per heavy atom. The van der Waals surface area contributed by atoms with Crippen LogP contribution in [0, 0.1) is 5.82 Å². The number of ether oxygens (including phenoxy) is 1. The maximum Gasteiger partial charge on any atom is 0.137 e. The van der Waals surface area contributed by atoms with Gasteiger partial charge in [-0.05, 0) is 66.2 Å². The van der Waals surface area contributed by atoms with Gasteiger partial charge in [-0.1, -0.05) is 0 Å². The molecule has 0 heterocycles. The molecule has 0 saturated heterocycles. The highest BCUT2D eigenvalue weighted by atomic mass is 79.9. The van der Waals surface area contributed by atoms with E-state index in [0.29, 0.717) is 10.9 Å². The van der Waals surface area contributed by atoms with E-state index >= 15 is 0 Å². The van der Waals surface area contributed by atoms with Crippen molar-refractivity contribution in [3.63, 3.8) is 0 Å². The third kappa shape index (κ3) is 3.19. The topological polar surface area (TPSA) is 35.2 Å². The van der Waals surface area contributed by atoms with E-state index in [-0.39, 0.29) is 18.0 Å². The van der Waals surface area contributed by atoms with Crippen molar-refractivity contribution in [3.8, 4) is 5.75 Å². The lowest BCUT2D eigenvalue weighted by atomic mass is 9.96. The SMILES string of the molecule is CC(N)Cc1cc(F)cc(Br)c1OC1CCC1. The molecule has 1 aliphatic rings. The van der Waals surface area contributed by atoms with E-state index in [0.717, 1.165) is 24.2 Å². The van der Waals surface area contributed by atoms with Crippen molar-refractivity contribution in [1.82, 2.24) is 0 Å². The lowest BCUT2D eigenvalue weighted by Crippen LogP contribution is -2.26. The molecule has 2 nitrogen and oxygen atoms in total. The van der Waals surface area contributed by atoms with Gasteiger partial charge < -0.3 is 10.5 Å². The summed E-state index contributed by atoms with van der Waals surface area (Å²) in [7, 11) is 0. The molecule has 1 atom stereocenters. The first-order valence-electron chi connectivity index (χ1n) is 5.96. The maximum absolute atomic E-state index is 13.4. The van der Waals surface area contributed by atoms with Crippen molar-refractivity contribution in [2.45, 2.75) is 44.8 Å². The number of rotatable bonds is 4. The second-order valence-electron chi connectivity index (χ2n) is 4.73. The number of hydrogen-bond donors (Lipinski definition) is 1. The zero-order valence-corrected chi connectivity index (χ0v) is 11.5. The van der Waals surface area contributed by atoms with Crippen LogP contribution in [0.15, 0.2) is 16.6 Å². The van der Waals surface area contributed by atoms with Gasteiger partial charge in [-0.25, -0.2) is 4.39 Å². The van der Waals surface area contributed by atoms with E-state index < -0.39 is 0 Å². The van der Waals surface area contributed by atoms with Crippen molar-refractivity contribution in [2.75, 3.05) is 0 Å². The van der Waals surface area contributed by atoms with E-state index in [1.807, 2.05) is 6.92 Å². The van der Waals surface area contributed by atoms with Crippen molar-refractivity contribution >= 4 is 15.9 Å². The van der Waals surface area contributed by atoms with Crippen LogP contribution in [0.3, 0.4) is 0 Å². The molecule has 17 heavy (non-hydrogen) atoms. The zero-order chi connectivity index (χ0) is 12.4. The standard InChI is InChI=1S/C13H17BrFNO/c1-8(16)5-9-6-10(15)7-12(14)13(9)17-11-3-2-4-11/h6-8,11H,2-5,16H2,1H3. The van der Waals surface area contributed by atoms with Crippen LogP contribution in [0.5, 0.6) is 5.75 Å². The molecule has 0 radical (unpaired) electrons. The third-order valence-corrected chi connectivity index (χ3v) is 3.55. The molecular formula is C13H17BrFNO. The molecule has 1 unspecified atom stereocenters. The van der Waals surface area contributed by atoms with Crippen molar-refractivity contribution in [1.29, 1.82) is 0 Å². The van der Waals surface area contributed by atoms with Crippen LogP contribution in [0.25, 0.3) is 0 Å². The van der Waals surface area contributed by atoms with E-state index in [4.69, 9.17) is 10.5 Å². The average Bonchev–Trinajstić information content (AvgIpc) is 2.12. The lowest BCUT2D eigenvalue weighted by Gasteiger charge is -2.28. The summed E-state index contributed by atoms with van der Waals surface area (Å²) in [5, 5.41) is 0. The molecule has 0 spiro atoms. The fraction of sp³-hybridized carbons (Fsp3) is 0.538. The molecule has 0 amide bonds. The van der Waals surface area contributed by atoms with Crippen molar-refractivity contribution in [2.24, 2.45) is 5.73 Å². The summed E-state index contributed by atoms with van der Waals surface area (Å²) in [4.78, 5) is 0. The maximum atomic E-state index is 13.4. The highest BCUT2D eigenvalue weighted by molar-refractivity contribution is 9.10. The lowest BCUT2D eigenvalue weighted by molar-refractivity contribution is 0.118. The Balaban J connectivity index is 2.25. The summed E-state index contributed by atoms with van der Waals surface area (Å²) in [6, 6.07) is 2.95. The first kappa shape index (κ1) is 12.8. The predicted molar refractivity (Wildman–Crippen MR) is 69.7 cm³/mol. The Kier molecular flexibility index (Phi) is 4.05. The predicted octanol–water partition coefficient (Wildman–Crippen LogP) is 3.41. The molecule has 1 aromatic rings. The Labute approximate surface area is 109 Å². The molecule has 1 aliphatic carbocycles. The van der Waals surface area contributed by atoms with E-state index in [9.17, 15) is 4.39 Å². The number of halogens is 2.